The molecule has 6 heteroatoms. The first-order chi connectivity index (χ1) is 8.06. The molecule has 0 aliphatic heterocycles. The maximum absolute atomic E-state index is 11.1. The molecule has 0 aromatic carbocycles. The number of nitro groups is 1. The van der Waals surface area contributed by atoms with Gasteiger partial charge >= 0.3 is 5.69 Å². The molecule has 1 aliphatic carbocycles. The molecule has 0 bridgehead atoms. The van der Waals surface area contributed by atoms with Crippen LogP contribution in [0.25, 0.3) is 0 Å². The van der Waals surface area contributed by atoms with Crippen molar-refractivity contribution in [3.63, 3.8) is 0 Å². The number of hydrogen-bond acceptors (Lipinski definition) is 4. The van der Waals surface area contributed by atoms with Gasteiger partial charge in [0.15, 0.2) is 0 Å². The van der Waals surface area contributed by atoms with Gasteiger partial charge in [-0.25, -0.2) is 4.98 Å². The highest BCUT2D eigenvalue weighted by molar-refractivity contribution is 6.31. The zero-order valence-corrected chi connectivity index (χ0v) is 10.3. The molecule has 0 spiro atoms. The second-order valence-corrected chi connectivity index (χ2v) is 4.73. The number of pyridine rings is 1. The van der Waals surface area contributed by atoms with Crippen molar-refractivity contribution in [2.24, 2.45) is 5.92 Å². The number of anilines is 1. The molecular weight excluding hydrogens is 242 g/mol. The summed E-state index contributed by atoms with van der Waals surface area (Å²) in [4.78, 5) is 14.4. The highest BCUT2D eigenvalue weighted by atomic mass is 35.5. The molecule has 1 saturated carbocycles. The van der Waals surface area contributed by atoms with E-state index in [0.717, 1.165) is 19.3 Å². The van der Waals surface area contributed by atoms with Crippen molar-refractivity contribution in [2.75, 3.05) is 5.73 Å². The summed E-state index contributed by atoms with van der Waals surface area (Å²) in [5, 5.41) is 11.0. The fourth-order valence-corrected chi connectivity index (χ4v) is 2.56. The van der Waals surface area contributed by atoms with E-state index >= 15 is 0 Å². The number of aromatic nitrogens is 1. The topological polar surface area (TPSA) is 82.0 Å². The minimum absolute atomic E-state index is 0.0710. The Morgan fingerprint density at radius 3 is 2.82 bits per heavy atom. The standard InChI is InChI=1S/C11H14ClN3O2/c1-2-7(6-3-4-6)9-8(13)5-14-11(12)10(9)15(16)17/h5-7H,2-4,13H2,1H3. The van der Waals surface area contributed by atoms with Crippen molar-refractivity contribution >= 4 is 23.0 Å². The molecule has 1 fully saturated rings. The van der Waals surface area contributed by atoms with Crippen LogP contribution in [-0.4, -0.2) is 9.91 Å². The van der Waals surface area contributed by atoms with Crippen LogP contribution in [0.15, 0.2) is 6.20 Å². The molecule has 5 nitrogen and oxygen atoms in total. The molecule has 1 atom stereocenters. The molecule has 2 N–H and O–H groups in total. The van der Waals surface area contributed by atoms with Gasteiger partial charge in [-0.2, -0.15) is 0 Å². The van der Waals surface area contributed by atoms with Crippen molar-refractivity contribution in [1.82, 2.24) is 4.98 Å². The Balaban J connectivity index is 2.56. The van der Waals surface area contributed by atoms with E-state index in [1.165, 1.54) is 6.20 Å². The quantitative estimate of drug-likeness (QED) is 0.509. The Bertz CT molecular complexity index is 460. The normalized spacial score (nSPS) is 16.8. The van der Waals surface area contributed by atoms with Gasteiger partial charge in [-0.1, -0.05) is 18.5 Å². The third kappa shape index (κ3) is 2.20. The Kier molecular flexibility index (Phi) is 3.19. The van der Waals surface area contributed by atoms with Crippen LogP contribution in [0.5, 0.6) is 0 Å². The molecule has 2 rings (SSSR count). The molecule has 1 heterocycles. The largest absolute Gasteiger partial charge is 0.397 e. The lowest BCUT2D eigenvalue weighted by atomic mass is 9.90. The van der Waals surface area contributed by atoms with Crippen LogP contribution in [0.3, 0.4) is 0 Å². The Morgan fingerprint density at radius 2 is 2.35 bits per heavy atom. The highest BCUT2D eigenvalue weighted by Gasteiger charge is 2.37. The van der Waals surface area contributed by atoms with Crippen LogP contribution < -0.4 is 5.73 Å². The van der Waals surface area contributed by atoms with Crippen molar-refractivity contribution < 1.29 is 4.92 Å². The average Bonchev–Trinajstić information content (AvgIpc) is 3.08. The molecule has 1 unspecified atom stereocenters. The minimum Gasteiger partial charge on any atom is -0.397 e. The lowest BCUT2D eigenvalue weighted by Crippen LogP contribution is -2.09. The molecule has 1 aromatic heterocycles. The number of rotatable bonds is 4. The summed E-state index contributed by atoms with van der Waals surface area (Å²) in [5.74, 6) is 0.621. The number of hydrogen-bond donors (Lipinski definition) is 1. The predicted octanol–water partition coefficient (Wildman–Crippen LogP) is 3.13. The zero-order valence-electron chi connectivity index (χ0n) is 9.52. The first kappa shape index (κ1) is 12.1. The van der Waals surface area contributed by atoms with Crippen LogP contribution in [0, 0.1) is 16.0 Å². The van der Waals surface area contributed by atoms with E-state index in [1.54, 1.807) is 0 Å². The Hall–Kier alpha value is -1.36. The van der Waals surface area contributed by atoms with Gasteiger partial charge in [0, 0.05) is 0 Å². The van der Waals surface area contributed by atoms with Gasteiger partial charge in [-0.15, -0.1) is 0 Å². The van der Waals surface area contributed by atoms with Crippen molar-refractivity contribution in [2.45, 2.75) is 32.1 Å². The van der Waals surface area contributed by atoms with Crippen LogP contribution >= 0.6 is 11.6 Å². The number of nitrogens with zero attached hydrogens (tertiary/aromatic N) is 2. The summed E-state index contributed by atoms with van der Waals surface area (Å²) in [6.45, 7) is 2.01. The summed E-state index contributed by atoms with van der Waals surface area (Å²) >= 11 is 5.81. The maximum Gasteiger partial charge on any atom is 0.311 e. The van der Waals surface area contributed by atoms with E-state index in [4.69, 9.17) is 17.3 Å². The average molecular weight is 256 g/mol. The molecule has 92 valence electrons. The molecule has 0 radical (unpaired) electrons. The lowest BCUT2D eigenvalue weighted by Gasteiger charge is -2.16. The van der Waals surface area contributed by atoms with E-state index in [0.29, 0.717) is 17.2 Å². The van der Waals surface area contributed by atoms with Crippen molar-refractivity contribution in [1.29, 1.82) is 0 Å². The summed E-state index contributed by atoms with van der Waals surface area (Å²) in [7, 11) is 0. The van der Waals surface area contributed by atoms with Crippen molar-refractivity contribution in [3.05, 3.63) is 27.0 Å². The predicted molar refractivity (Wildman–Crippen MR) is 66.1 cm³/mol. The number of nitrogen functional groups attached to an aromatic ring is 1. The van der Waals surface area contributed by atoms with Crippen LogP contribution in [-0.2, 0) is 0 Å². The van der Waals surface area contributed by atoms with Gasteiger partial charge in [-0.05, 0) is 31.1 Å². The fraction of sp³-hybridized carbons (Fsp3) is 0.545. The van der Waals surface area contributed by atoms with Gasteiger partial charge < -0.3 is 5.73 Å². The summed E-state index contributed by atoms with van der Waals surface area (Å²) in [6, 6.07) is 0. The first-order valence-electron chi connectivity index (χ1n) is 5.64. The van der Waals surface area contributed by atoms with Gasteiger partial charge in [-0.3, -0.25) is 10.1 Å². The number of halogens is 1. The van der Waals surface area contributed by atoms with Gasteiger partial charge in [0.25, 0.3) is 0 Å². The molecule has 0 saturated heterocycles. The zero-order chi connectivity index (χ0) is 12.6. The van der Waals surface area contributed by atoms with E-state index in [2.05, 4.69) is 4.98 Å². The smallest absolute Gasteiger partial charge is 0.311 e. The maximum atomic E-state index is 11.1. The van der Waals surface area contributed by atoms with Crippen LogP contribution in [0.2, 0.25) is 5.15 Å². The van der Waals surface area contributed by atoms with Crippen LogP contribution in [0.1, 0.15) is 37.7 Å². The second-order valence-electron chi connectivity index (χ2n) is 4.38. The van der Waals surface area contributed by atoms with E-state index in [-0.39, 0.29) is 16.8 Å². The monoisotopic (exact) mass is 255 g/mol. The van der Waals surface area contributed by atoms with E-state index in [9.17, 15) is 10.1 Å². The molecule has 0 amide bonds. The van der Waals surface area contributed by atoms with E-state index < -0.39 is 4.92 Å². The number of nitrogens with two attached hydrogens (primary N) is 1. The lowest BCUT2D eigenvalue weighted by molar-refractivity contribution is -0.385. The SMILES string of the molecule is CCC(c1c(N)cnc(Cl)c1[N+](=O)[O-])C1CC1. The summed E-state index contributed by atoms with van der Waals surface area (Å²) in [6.07, 6.45) is 4.45. The summed E-state index contributed by atoms with van der Waals surface area (Å²) < 4.78 is 0. The third-order valence-corrected chi connectivity index (χ3v) is 3.54. The van der Waals surface area contributed by atoms with Crippen LogP contribution in [0.4, 0.5) is 11.4 Å². The Morgan fingerprint density at radius 1 is 1.71 bits per heavy atom. The fourth-order valence-electron chi connectivity index (χ4n) is 2.34. The molecular formula is C11H14ClN3O2. The van der Waals surface area contributed by atoms with Gasteiger partial charge in [0.1, 0.15) is 0 Å². The first-order valence-corrected chi connectivity index (χ1v) is 6.02. The Labute approximate surface area is 104 Å². The third-order valence-electron chi connectivity index (χ3n) is 3.26. The molecule has 17 heavy (non-hydrogen) atoms. The van der Waals surface area contributed by atoms with E-state index in [1.807, 2.05) is 6.92 Å². The molecule has 1 aromatic rings. The van der Waals surface area contributed by atoms with Crippen molar-refractivity contribution in [3.8, 4) is 0 Å². The summed E-state index contributed by atoms with van der Waals surface area (Å²) in [5.41, 5.74) is 6.67. The van der Waals surface area contributed by atoms with Gasteiger partial charge in [0.2, 0.25) is 5.15 Å². The highest BCUT2D eigenvalue weighted by Crippen LogP contribution is 2.49. The van der Waals surface area contributed by atoms with Gasteiger partial charge in [0.05, 0.1) is 22.4 Å². The minimum atomic E-state index is -0.480. The second kappa shape index (κ2) is 4.49. The molecule has 1 aliphatic rings.